The number of carbonyl (C=O) groups is 3. The summed E-state index contributed by atoms with van der Waals surface area (Å²) in [6.45, 7) is 5.98. The molecule has 0 aliphatic carbocycles. The number of halogens is 1. The van der Waals surface area contributed by atoms with E-state index in [4.69, 9.17) is 15.3 Å². The lowest BCUT2D eigenvalue weighted by Crippen LogP contribution is -2.13. The molecule has 0 unspecified atom stereocenters. The maximum atomic E-state index is 13.3. The minimum absolute atomic E-state index is 0.142. The van der Waals surface area contributed by atoms with Crippen LogP contribution in [0.2, 0.25) is 0 Å². The monoisotopic (exact) mass is 1220 g/mol. The van der Waals surface area contributed by atoms with E-state index in [1.54, 1.807) is 133 Å². The van der Waals surface area contributed by atoms with Crippen molar-refractivity contribution in [3.63, 3.8) is 0 Å². The van der Waals surface area contributed by atoms with E-state index in [1.165, 1.54) is 18.2 Å². The highest BCUT2D eigenvalue weighted by Crippen LogP contribution is 2.24. The van der Waals surface area contributed by atoms with Gasteiger partial charge in [0.25, 0.3) is 30.1 Å². The molecule has 0 saturated carbocycles. The minimum Gasteiger partial charge on any atom is -0.478 e. The molecule has 19 heteroatoms. The number of hydrogen-bond donors (Lipinski definition) is 6. The van der Waals surface area contributed by atoms with Crippen LogP contribution in [0.5, 0.6) is 0 Å². The maximum absolute atomic E-state index is 13.3. The second-order valence-electron chi connectivity index (χ2n) is 20.4. The Kier molecular flexibility index (Phi) is 21.9. The normalized spacial score (nSPS) is 11.3. The predicted molar refractivity (Wildman–Crippen MR) is 332 cm³/mol. The predicted octanol–water partition coefficient (Wildman–Crippen LogP) is 13.5. The maximum Gasteiger partial charge on any atom is 0.335 e. The first-order valence-electron chi connectivity index (χ1n) is 27.2. The molecule has 9 aromatic rings. The van der Waals surface area contributed by atoms with Crippen molar-refractivity contribution in [3.8, 4) is 0 Å². The van der Waals surface area contributed by atoms with Gasteiger partial charge in [-0.2, -0.15) is 0 Å². The molecule has 9 rings (SSSR count). The molecule has 0 spiro atoms. The summed E-state index contributed by atoms with van der Waals surface area (Å²) >= 11 is 0. The van der Waals surface area contributed by atoms with Crippen molar-refractivity contribution < 1.29 is 59.3 Å². The van der Waals surface area contributed by atoms with Crippen molar-refractivity contribution >= 4 is 65.0 Å². The number of rotatable bonds is 22. The SMILES string of the molecule is CC(C)c1ccc(S(=O)(=O)Nc2cccc(CCc3ccc(C(=O)O)cc3)c2)cc1.Cc1cccc(S(=O)(=O)Nc2cccc(CCc3ccc(C(=O)O)cc3)c2)c1.O=C(O)c1ccc(CCc2cccc(NS(=O)(=O)c3cccc(F)c3)c2)cc1. The largest absolute Gasteiger partial charge is 0.478 e. The van der Waals surface area contributed by atoms with Gasteiger partial charge in [0.2, 0.25) is 0 Å². The van der Waals surface area contributed by atoms with Crippen molar-refractivity contribution in [2.45, 2.75) is 79.9 Å². The number of sulfonamides is 3. The van der Waals surface area contributed by atoms with Crippen LogP contribution in [0.3, 0.4) is 0 Å². The lowest BCUT2D eigenvalue weighted by Gasteiger charge is -2.11. The fraction of sp³-hybridized carbons (Fsp3) is 0.149. The van der Waals surface area contributed by atoms with Gasteiger partial charge < -0.3 is 15.3 Å². The molecule has 86 heavy (non-hydrogen) atoms. The number of carboxylic acid groups (broad SMARTS) is 3. The van der Waals surface area contributed by atoms with Crippen LogP contribution >= 0.6 is 0 Å². The van der Waals surface area contributed by atoms with Gasteiger partial charge in [-0.15, -0.1) is 0 Å². The van der Waals surface area contributed by atoms with E-state index in [0.29, 0.717) is 48.7 Å². The van der Waals surface area contributed by atoms with Crippen LogP contribution in [0.1, 0.15) is 95.3 Å². The molecule has 0 radical (unpaired) electrons. The molecule has 0 aliphatic rings. The average molecular weight is 1220 g/mol. The number of anilines is 3. The number of hydrogen-bond acceptors (Lipinski definition) is 9. The molecule has 0 bridgehead atoms. The highest BCUT2D eigenvalue weighted by molar-refractivity contribution is 7.93. The van der Waals surface area contributed by atoms with Gasteiger partial charge in [0.05, 0.1) is 31.4 Å². The molecule has 0 atom stereocenters. The number of carboxylic acids is 3. The van der Waals surface area contributed by atoms with Crippen molar-refractivity contribution in [1.82, 2.24) is 0 Å². The van der Waals surface area contributed by atoms with Crippen LogP contribution in [-0.4, -0.2) is 58.5 Å². The van der Waals surface area contributed by atoms with E-state index in [2.05, 4.69) is 28.0 Å². The van der Waals surface area contributed by atoms with Gasteiger partial charge in [0.15, 0.2) is 0 Å². The third kappa shape index (κ3) is 19.3. The van der Waals surface area contributed by atoms with Crippen molar-refractivity contribution in [2.75, 3.05) is 14.2 Å². The molecule has 0 heterocycles. The van der Waals surface area contributed by atoms with Gasteiger partial charge in [-0.25, -0.2) is 44.0 Å². The molecule has 15 nitrogen and oxygen atoms in total. The summed E-state index contributed by atoms with van der Waals surface area (Å²) in [4.78, 5) is 33.1. The van der Waals surface area contributed by atoms with Crippen LogP contribution in [0.25, 0.3) is 0 Å². The van der Waals surface area contributed by atoms with Gasteiger partial charge in [0.1, 0.15) is 5.82 Å². The highest BCUT2D eigenvalue weighted by atomic mass is 32.2. The molecule has 0 fully saturated rings. The molecule has 6 N–H and O–H groups in total. The zero-order chi connectivity index (χ0) is 62.0. The van der Waals surface area contributed by atoms with E-state index >= 15 is 0 Å². The van der Waals surface area contributed by atoms with Crippen LogP contribution < -0.4 is 14.2 Å². The van der Waals surface area contributed by atoms with Crippen LogP contribution in [-0.2, 0) is 68.6 Å². The number of benzene rings is 9. The summed E-state index contributed by atoms with van der Waals surface area (Å²) in [5.41, 5.74) is 10.1. The van der Waals surface area contributed by atoms with E-state index in [0.717, 1.165) is 63.4 Å². The van der Waals surface area contributed by atoms with Crippen LogP contribution in [0, 0.1) is 12.7 Å². The Morgan fingerprint density at radius 3 is 1.01 bits per heavy atom. The summed E-state index contributed by atoms with van der Waals surface area (Å²) < 4.78 is 96.4. The first-order valence-corrected chi connectivity index (χ1v) is 31.6. The fourth-order valence-corrected chi connectivity index (χ4v) is 12.1. The van der Waals surface area contributed by atoms with E-state index in [9.17, 15) is 44.0 Å². The molecular weight excluding hydrogens is 1150 g/mol. The third-order valence-electron chi connectivity index (χ3n) is 13.5. The Balaban J connectivity index is 0.000000185. The van der Waals surface area contributed by atoms with Gasteiger partial charge in [-0.05, 0) is 211 Å². The Labute approximate surface area is 501 Å². The molecular formula is C67H64FN3O12S3. The van der Waals surface area contributed by atoms with E-state index in [1.807, 2.05) is 67.6 Å². The molecule has 0 saturated heterocycles. The van der Waals surface area contributed by atoms with E-state index < -0.39 is 53.8 Å². The highest BCUT2D eigenvalue weighted by Gasteiger charge is 2.18. The fourth-order valence-electron chi connectivity index (χ4n) is 8.77. The van der Waals surface area contributed by atoms with Crippen molar-refractivity contribution in [2.24, 2.45) is 0 Å². The summed E-state index contributed by atoms with van der Waals surface area (Å²) in [6, 6.07) is 60.3. The number of aryl methyl sites for hydroxylation is 7. The lowest BCUT2D eigenvalue weighted by atomic mass is 10.0. The number of aromatic carboxylic acids is 3. The van der Waals surface area contributed by atoms with Crippen molar-refractivity contribution in [1.29, 1.82) is 0 Å². The minimum atomic E-state index is -3.88. The average Bonchev–Trinajstić information content (AvgIpc) is 3.17. The number of nitrogens with one attached hydrogen (secondary N) is 3. The summed E-state index contributed by atoms with van der Waals surface area (Å²) in [5, 5.41) is 26.8. The van der Waals surface area contributed by atoms with E-state index in [-0.39, 0.29) is 31.4 Å². The smallest absolute Gasteiger partial charge is 0.335 e. The van der Waals surface area contributed by atoms with Crippen LogP contribution in [0.15, 0.2) is 233 Å². The molecule has 0 aromatic heterocycles. The topological polar surface area (TPSA) is 250 Å². The Morgan fingerprint density at radius 1 is 0.372 bits per heavy atom. The molecule has 444 valence electrons. The molecule has 9 aromatic carbocycles. The Morgan fingerprint density at radius 2 is 0.686 bits per heavy atom. The second-order valence-corrected chi connectivity index (χ2v) is 25.5. The zero-order valence-corrected chi connectivity index (χ0v) is 49.7. The first-order chi connectivity index (χ1) is 40.9. The quantitative estimate of drug-likeness (QED) is 0.0371. The first kappa shape index (κ1) is 64.1. The zero-order valence-electron chi connectivity index (χ0n) is 47.2. The van der Waals surface area contributed by atoms with Gasteiger partial charge >= 0.3 is 17.9 Å². The molecule has 0 amide bonds. The lowest BCUT2D eigenvalue weighted by molar-refractivity contribution is 0.0686. The second kappa shape index (κ2) is 29.4. The standard InChI is InChI=1S/C24H25NO4S.C22H21NO4S.C21H18FNO4S/c1-17(2)20-12-14-23(15-13-20)30(28,29)25-22-5-3-4-19(16-22)7-6-18-8-10-21(11-9-18)24(26)27;1-16-4-2-7-21(14-16)28(26,27)23-20-6-3-5-18(15-20)9-8-17-10-12-19(13-11-17)22(24)25;22-18-4-2-6-20(14-18)28(26,27)23-19-5-1-3-16(13-19)8-7-15-9-11-17(12-10-15)21(24)25/h3-5,8-17,25H,6-7H2,1-2H3,(H,26,27);2-7,10-15,23H,8-9H2,1H3,(H,24,25);1-6,9-14,23H,7-8H2,(H,24,25). The third-order valence-corrected chi connectivity index (χ3v) is 17.7. The Hall–Kier alpha value is -9.43. The summed E-state index contributed by atoms with van der Waals surface area (Å²) in [6.07, 6.45) is 4.22. The van der Waals surface area contributed by atoms with Gasteiger partial charge in [-0.1, -0.05) is 117 Å². The van der Waals surface area contributed by atoms with Crippen molar-refractivity contribution in [3.05, 3.63) is 285 Å². The van der Waals surface area contributed by atoms with Crippen LogP contribution in [0.4, 0.5) is 21.5 Å². The van der Waals surface area contributed by atoms with Gasteiger partial charge in [-0.3, -0.25) is 14.2 Å². The summed E-state index contributed by atoms with van der Waals surface area (Å²) in [7, 11) is -11.2. The van der Waals surface area contributed by atoms with Gasteiger partial charge in [0, 0.05) is 17.1 Å². The Bertz CT molecular complexity index is 3980. The molecule has 0 aliphatic heterocycles. The summed E-state index contributed by atoms with van der Waals surface area (Å²) in [5.74, 6) is -3.14.